The van der Waals surface area contributed by atoms with Crippen LogP contribution in [-0.4, -0.2) is 24.6 Å². The molecule has 1 unspecified atom stereocenters. The summed E-state index contributed by atoms with van der Waals surface area (Å²) in [5.74, 6) is -0.868. The summed E-state index contributed by atoms with van der Waals surface area (Å²) in [6.07, 6.45) is 1.78. The Hall–Kier alpha value is -1.52. The molecule has 0 radical (unpaired) electrons. The number of halogens is 2. The molecular weight excluding hydrogens is 303 g/mol. The summed E-state index contributed by atoms with van der Waals surface area (Å²) in [6, 6.07) is 4.94. The van der Waals surface area contributed by atoms with Crippen LogP contribution < -0.4 is 0 Å². The number of rotatable bonds is 3. The second-order valence-electron chi connectivity index (χ2n) is 4.31. The second-order valence-corrected chi connectivity index (χ2v) is 5.13. The molecule has 2 rings (SSSR count). The molecule has 20 heavy (non-hydrogen) atoms. The summed E-state index contributed by atoms with van der Waals surface area (Å²) in [7, 11) is 0. The molecule has 0 amide bonds. The Morgan fingerprint density at radius 1 is 1.40 bits per heavy atom. The van der Waals surface area contributed by atoms with Gasteiger partial charge in [-0.3, -0.25) is 4.79 Å². The van der Waals surface area contributed by atoms with Gasteiger partial charge in [0.1, 0.15) is 12.7 Å². The minimum Gasteiger partial charge on any atom is -0.462 e. The van der Waals surface area contributed by atoms with Crippen molar-refractivity contribution in [1.82, 2.24) is 0 Å². The predicted molar refractivity (Wildman–Crippen MR) is 75.6 cm³/mol. The number of ether oxygens (including phenoxy) is 2. The lowest BCUT2D eigenvalue weighted by Gasteiger charge is -2.22. The number of hydrogen-bond donors (Lipinski definition) is 0. The first-order chi connectivity index (χ1) is 9.47. The zero-order valence-corrected chi connectivity index (χ0v) is 12.2. The molecule has 0 saturated heterocycles. The van der Waals surface area contributed by atoms with Gasteiger partial charge in [-0.05, 0) is 17.7 Å². The Labute approximate surface area is 126 Å². The van der Waals surface area contributed by atoms with Gasteiger partial charge < -0.3 is 9.47 Å². The van der Waals surface area contributed by atoms with Gasteiger partial charge in [-0.25, -0.2) is 4.79 Å². The van der Waals surface area contributed by atoms with E-state index in [2.05, 4.69) is 0 Å². The normalized spacial score (nSPS) is 18.2. The number of cyclic esters (lactones) is 1. The lowest BCUT2D eigenvalue weighted by molar-refractivity contribution is -0.154. The molecule has 0 aromatic heterocycles. The Morgan fingerprint density at radius 2 is 2.15 bits per heavy atom. The highest BCUT2D eigenvalue weighted by atomic mass is 35.5. The van der Waals surface area contributed by atoms with Crippen molar-refractivity contribution in [2.45, 2.75) is 19.4 Å². The van der Waals surface area contributed by atoms with Crippen LogP contribution in [0.1, 0.15) is 18.9 Å². The van der Waals surface area contributed by atoms with Crippen molar-refractivity contribution >= 4 is 40.7 Å². The Bertz CT molecular complexity index is 581. The number of carbonyl (C=O) groups is 2. The Morgan fingerprint density at radius 3 is 2.75 bits per heavy atom. The molecule has 1 aromatic rings. The molecule has 0 spiro atoms. The third-order valence-electron chi connectivity index (χ3n) is 2.78. The predicted octanol–water partition coefficient (Wildman–Crippen LogP) is 3.26. The van der Waals surface area contributed by atoms with E-state index in [4.69, 9.17) is 32.7 Å². The number of esters is 2. The van der Waals surface area contributed by atoms with Crippen LogP contribution in [0.25, 0.3) is 5.57 Å². The number of benzene rings is 1. The van der Waals surface area contributed by atoms with Crippen molar-refractivity contribution in [2.75, 3.05) is 6.61 Å². The van der Waals surface area contributed by atoms with E-state index in [-0.39, 0.29) is 6.61 Å². The first-order valence-corrected chi connectivity index (χ1v) is 6.73. The lowest BCUT2D eigenvalue weighted by atomic mass is 10.0. The molecule has 0 aliphatic carbocycles. The zero-order chi connectivity index (χ0) is 14.7. The first kappa shape index (κ1) is 14.9. The zero-order valence-electron chi connectivity index (χ0n) is 10.7. The summed E-state index contributed by atoms with van der Waals surface area (Å²) >= 11 is 11.8. The molecule has 0 saturated carbocycles. The Kier molecular flexibility index (Phi) is 4.68. The fourth-order valence-electron chi connectivity index (χ4n) is 1.81. The average Bonchev–Trinajstić information content (AvgIpc) is 2.40. The van der Waals surface area contributed by atoms with Crippen LogP contribution in [0, 0.1) is 0 Å². The van der Waals surface area contributed by atoms with Crippen LogP contribution in [0.2, 0.25) is 10.0 Å². The van der Waals surface area contributed by atoms with Crippen molar-refractivity contribution in [1.29, 1.82) is 0 Å². The van der Waals surface area contributed by atoms with Gasteiger partial charge in [-0.1, -0.05) is 35.3 Å². The quantitative estimate of drug-likeness (QED) is 0.804. The molecule has 0 N–H and O–H groups in total. The summed E-state index contributed by atoms with van der Waals surface area (Å²) in [5.41, 5.74) is 1.08. The average molecular weight is 315 g/mol. The van der Waals surface area contributed by atoms with Crippen molar-refractivity contribution in [3.05, 3.63) is 39.9 Å². The van der Waals surface area contributed by atoms with E-state index >= 15 is 0 Å². The van der Waals surface area contributed by atoms with Gasteiger partial charge in [-0.2, -0.15) is 0 Å². The molecule has 4 nitrogen and oxygen atoms in total. The summed E-state index contributed by atoms with van der Waals surface area (Å²) in [6.45, 7) is 1.37. The summed E-state index contributed by atoms with van der Waals surface area (Å²) < 4.78 is 10.0. The fourth-order valence-corrected chi connectivity index (χ4v) is 2.11. The molecule has 1 atom stereocenters. The van der Waals surface area contributed by atoms with E-state index < -0.39 is 18.0 Å². The summed E-state index contributed by atoms with van der Waals surface area (Å²) in [5, 5.41) is 0.799. The van der Waals surface area contributed by atoms with Crippen LogP contribution >= 0.6 is 23.2 Å². The fraction of sp³-hybridized carbons (Fsp3) is 0.286. The van der Waals surface area contributed by atoms with E-state index in [0.717, 1.165) is 0 Å². The van der Waals surface area contributed by atoms with Gasteiger partial charge in [-0.15, -0.1) is 0 Å². The highest BCUT2D eigenvalue weighted by molar-refractivity contribution is 6.42. The molecule has 0 bridgehead atoms. The largest absolute Gasteiger partial charge is 0.462 e. The molecule has 6 heteroatoms. The minimum atomic E-state index is -0.466. The lowest BCUT2D eigenvalue weighted by Crippen LogP contribution is -2.28. The molecule has 0 fully saturated rings. The minimum absolute atomic E-state index is 0.0617. The molecule has 1 aromatic carbocycles. The van der Waals surface area contributed by atoms with E-state index in [0.29, 0.717) is 27.6 Å². The summed E-state index contributed by atoms with van der Waals surface area (Å²) in [4.78, 5) is 22.7. The number of hydrogen-bond acceptors (Lipinski definition) is 4. The molecule has 1 aliphatic rings. The van der Waals surface area contributed by atoms with Crippen LogP contribution in [-0.2, 0) is 19.1 Å². The molecule has 106 valence electrons. The molecule has 1 aliphatic heterocycles. The topological polar surface area (TPSA) is 52.6 Å². The van der Waals surface area contributed by atoms with Gasteiger partial charge in [0.15, 0.2) is 0 Å². The van der Waals surface area contributed by atoms with Crippen LogP contribution in [0.3, 0.4) is 0 Å². The van der Waals surface area contributed by atoms with Crippen LogP contribution in [0.5, 0.6) is 0 Å². The standard InChI is InChI=1S/C14H12Cl2O4/c1-8(17)19-7-10-3-4-11(14(18)20-10)9-2-5-12(15)13(16)6-9/h2,4-6,10H,3,7H2,1H3. The highest BCUT2D eigenvalue weighted by Gasteiger charge is 2.25. The maximum Gasteiger partial charge on any atom is 0.338 e. The third-order valence-corrected chi connectivity index (χ3v) is 3.52. The molecule has 1 heterocycles. The maximum absolute atomic E-state index is 11.9. The monoisotopic (exact) mass is 314 g/mol. The van der Waals surface area contributed by atoms with Gasteiger partial charge in [0.2, 0.25) is 0 Å². The smallest absolute Gasteiger partial charge is 0.338 e. The van der Waals surface area contributed by atoms with Crippen molar-refractivity contribution in [3.8, 4) is 0 Å². The van der Waals surface area contributed by atoms with E-state index in [1.165, 1.54) is 6.92 Å². The van der Waals surface area contributed by atoms with Gasteiger partial charge in [0.05, 0.1) is 15.6 Å². The van der Waals surface area contributed by atoms with Gasteiger partial charge in [0, 0.05) is 13.3 Å². The third kappa shape index (κ3) is 3.52. The SMILES string of the molecule is CC(=O)OCC1CC=C(c2ccc(Cl)c(Cl)c2)C(=O)O1. The molecular formula is C14H12Cl2O4. The van der Waals surface area contributed by atoms with E-state index in [9.17, 15) is 9.59 Å². The van der Waals surface area contributed by atoms with Gasteiger partial charge >= 0.3 is 11.9 Å². The van der Waals surface area contributed by atoms with Crippen molar-refractivity contribution in [3.63, 3.8) is 0 Å². The maximum atomic E-state index is 11.9. The van der Waals surface area contributed by atoms with Crippen LogP contribution in [0.4, 0.5) is 0 Å². The van der Waals surface area contributed by atoms with Gasteiger partial charge in [0.25, 0.3) is 0 Å². The number of carbonyl (C=O) groups excluding carboxylic acids is 2. The Balaban J connectivity index is 2.12. The first-order valence-electron chi connectivity index (χ1n) is 5.97. The van der Waals surface area contributed by atoms with Crippen LogP contribution in [0.15, 0.2) is 24.3 Å². The van der Waals surface area contributed by atoms with Crippen molar-refractivity contribution < 1.29 is 19.1 Å². The van der Waals surface area contributed by atoms with E-state index in [1.54, 1.807) is 24.3 Å². The van der Waals surface area contributed by atoms with Crippen molar-refractivity contribution in [2.24, 2.45) is 0 Å². The van der Waals surface area contributed by atoms with E-state index in [1.807, 2.05) is 0 Å². The highest BCUT2D eigenvalue weighted by Crippen LogP contribution is 2.29. The second kappa shape index (κ2) is 6.29.